The Morgan fingerprint density at radius 1 is 1.16 bits per heavy atom. The molecule has 0 saturated carbocycles. The summed E-state index contributed by atoms with van der Waals surface area (Å²) in [5.74, 6) is 1.81. The predicted molar refractivity (Wildman–Crippen MR) is 95.9 cm³/mol. The summed E-state index contributed by atoms with van der Waals surface area (Å²) >= 11 is 5.98. The molecule has 1 N–H and O–H groups in total. The molecule has 0 radical (unpaired) electrons. The zero-order valence-electron chi connectivity index (χ0n) is 13.7. The van der Waals surface area contributed by atoms with E-state index in [9.17, 15) is 5.11 Å². The second kappa shape index (κ2) is 6.06. The first kappa shape index (κ1) is 15.9. The first-order valence-corrected chi connectivity index (χ1v) is 8.13. The summed E-state index contributed by atoms with van der Waals surface area (Å²) in [6, 6.07) is 9.09. The molecule has 1 aliphatic rings. The maximum atomic E-state index is 10.8. The number of methoxy groups -OCH3 is 2. The van der Waals surface area contributed by atoms with Gasteiger partial charge in [-0.1, -0.05) is 11.6 Å². The molecule has 7 heteroatoms. The van der Waals surface area contributed by atoms with Gasteiger partial charge in [0.1, 0.15) is 18.4 Å². The molecule has 1 atom stereocenters. The van der Waals surface area contributed by atoms with E-state index in [4.69, 9.17) is 21.1 Å². The summed E-state index contributed by atoms with van der Waals surface area (Å²) in [6.45, 7) is 0. The average molecular weight is 358 g/mol. The Morgan fingerprint density at radius 2 is 1.92 bits per heavy atom. The summed E-state index contributed by atoms with van der Waals surface area (Å²) in [5, 5.41) is 12.3. The van der Waals surface area contributed by atoms with Crippen LogP contribution in [0.1, 0.15) is 5.56 Å². The van der Waals surface area contributed by atoms with E-state index in [0.29, 0.717) is 28.8 Å². The van der Waals surface area contributed by atoms with Gasteiger partial charge in [0.15, 0.2) is 11.5 Å². The van der Waals surface area contributed by atoms with Crippen LogP contribution in [0.15, 0.2) is 36.7 Å². The number of anilines is 2. The number of hydrogen-bond acceptors (Lipinski definition) is 6. The van der Waals surface area contributed by atoms with E-state index in [-0.39, 0.29) is 0 Å². The quantitative estimate of drug-likeness (QED) is 0.775. The Balaban J connectivity index is 2.00. The van der Waals surface area contributed by atoms with Crippen molar-refractivity contribution in [2.75, 3.05) is 19.1 Å². The summed E-state index contributed by atoms with van der Waals surface area (Å²) in [5.41, 5.74) is 2.38. The van der Waals surface area contributed by atoms with Crippen LogP contribution in [0.5, 0.6) is 11.5 Å². The van der Waals surface area contributed by atoms with E-state index in [1.165, 1.54) is 6.33 Å². The van der Waals surface area contributed by atoms with Crippen LogP contribution < -0.4 is 14.4 Å². The molecular formula is C18H16ClN3O3. The predicted octanol–water partition coefficient (Wildman–Crippen LogP) is 3.31. The van der Waals surface area contributed by atoms with Gasteiger partial charge in [-0.05, 0) is 24.3 Å². The fraction of sp³-hybridized carbons (Fsp3) is 0.222. The van der Waals surface area contributed by atoms with Crippen LogP contribution in [0.4, 0.5) is 11.5 Å². The van der Waals surface area contributed by atoms with Crippen molar-refractivity contribution < 1.29 is 14.6 Å². The molecule has 1 aromatic heterocycles. The fourth-order valence-electron chi connectivity index (χ4n) is 3.30. The molecule has 3 aromatic rings. The van der Waals surface area contributed by atoms with Crippen LogP contribution in [0.2, 0.25) is 5.02 Å². The minimum absolute atomic E-state index is 0.361. The summed E-state index contributed by atoms with van der Waals surface area (Å²) in [4.78, 5) is 10.6. The topological polar surface area (TPSA) is 67.7 Å². The van der Waals surface area contributed by atoms with Crippen molar-refractivity contribution in [3.63, 3.8) is 0 Å². The van der Waals surface area contributed by atoms with Crippen molar-refractivity contribution in [1.82, 2.24) is 9.97 Å². The molecule has 0 spiro atoms. The van der Waals surface area contributed by atoms with Crippen molar-refractivity contribution in [1.29, 1.82) is 0 Å². The Morgan fingerprint density at radius 3 is 2.60 bits per heavy atom. The Bertz CT molecular complexity index is 946. The largest absolute Gasteiger partial charge is 0.493 e. The highest BCUT2D eigenvalue weighted by Crippen LogP contribution is 2.45. The zero-order chi connectivity index (χ0) is 17.6. The van der Waals surface area contributed by atoms with E-state index in [2.05, 4.69) is 9.97 Å². The lowest BCUT2D eigenvalue weighted by molar-refractivity contribution is 0.177. The second-order valence-electron chi connectivity index (χ2n) is 5.71. The fourth-order valence-corrected chi connectivity index (χ4v) is 3.43. The van der Waals surface area contributed by atoms with Crippen molar-refractivity contribution in [2.45, 2.75) is 12.6 Å². The summed E-state index contributed by atoms with van der Waals surface area (Å²) in [6.07, 6.45) is 1.04. The Hall–Kier alpha value is -2.57. The third kappa shape index (κ3) is 2.45. The highest BCUT2D eigenvalue weighted by molar-refractivity contribution is 6.30. The Labute approximate surface area is 149 Å². The van der Waals surface area contributed by atoms with Crippen molar-refractivity contribution >= 4 is 34.0 Å². The number of halogens is 1. The van der Waals surface area contributed by atoms with Crippen LogP contribution in [0.25, 0.3) is 10.9 Å². The van der Waals surface area contributed by atoms with Crippen molar-refractivity contribution in [3.05, 3.63) is 47.2 Å². The number of hydrogen-bond donors (Lipinski definition) is 1. The van der Waals surface area contributed by atoms with E-state index >= 15 is 0 Å². The minimum atomic E-state index is -0.798. The maximum absolute atomic E-state index is 10.8. The lowest BCUT2D eigenvalue weighted by Crippen LogP contribution is -2.36. The number of rotatable bonds is 3. The molecule has 0 amide bonds. The monoisotopic (exact) mass is 357 g/mol. The van der Waals surface area contributed by atoms with Gasteiger partial charge in [0.2, 0.25) is 0 Å². The normalized spacial score (nSPS) is 16.2. The molecule has 6 nitrogen and oxygen atoms in total. The first-order valence-electron chi connectivity index (χ1n) is 7.75. The van der Waals surface area contributed by atoms with Crippen LogP contribution in [0.3, 0.4) is 0 Å². The highest BCUT2D eigenvalue weighted by atomic mass is 35.5. The SMILES string of the molecule is COc1cc2ncnc3c2c(c1OC)CC(O)N3c1ccc(Cl)cc1. The van der Waals surface area contributed by atoms with E-state index in [1.807, 2.05) is 18.2 Å². The molecule has 0 bridgehead atoms. The van der Waals surface area contributed by atoms with Crippen LogP contribution >= 0.6 is 11.6 Å². The van der Waals surface area contributed by atoms with Gasteiger partial charge in [-0.3, -0.25) is 4.90 Å². The van der Waals surface area contributed by atoms with E-state index < -0.39 is 6.23 Å². The molecule has 0 saturated heterocycles. The molecule has 1 unspecified atom stereocenters. The third-order valence-corrected chi connectivity index (χ3v) is 4.62. The molecule has 1 aliphatic heterocycles. The number of aliphatic hydroxyl groups excluding tert-OH is 1. The number of ether oxygens (including phenoxy) is 2. The molecule has 2 heterocycles. The lowest BCUT2D eigenvalue weighted by Gasteiger charge is -2.35. The third-order valence-electron chi connectivity index (χ3n) is 4.37. The number of benzene rings is 2. The van der Waals surface area contributed by atoms with Gasteiger partial charge >= 0.3 is 0 Å². The van der Waals surface area contributed by atoms with Gasteiger partial charge < -0.3 is 14.6 Å². The second-order valence-corrected chi connectivity index (χ2v) is 6.15. The number of aliphatic hydroxyl groups is 1. The van der Waals surface area contributed by atoms with Gasteiger partial charge in [0.25, 0.3) is 0 Å². The van der Waals surface area contributed by atoms with Gasteiger partial charge in [0, 0.05) is 28.8 Å². The number of aromatic nitrogens is 2. The van der Waals surface area contributed by atoms with Crippen molar-refractivity contribution in [2.24, 2.45) is 0 Å². The molecule has 0 fully saturated rings. The van der Waals surface area contributed by atoms with Crippen LogP contribution in [-0.2, 0) is 6.42 Å². The molecule has 0 aliphatic carbocycles. The highest BCUT2D eigenvalue weighted by Gasteiger charge is 2.32. The zero-order valence-corrected chi connectivity index (χ0v) is 14.5. The maximum Gasteiger partial charge on any atom is 0.164 e. The lowest BCUT2D eigenvalue weighted by atomic mass is 9.98. The first-order chi connectivity index (χ1) is 12.1. The molecule has 2 aromatic carbocycles. The minimum Gasteiger partial charge on any atom is -0.493 e. The molecule has 4 rings (SSSR count). The Kier molecular flexibility index (Phi) is 3.86. The van der Waals surface area contributed by atoms with Gasteiger partial charge in [-0.25, -0.2) is 9.97 Å². The number of nitrogens with zero attached hydrogens (tertiary/aromatic N) is 3. The molecular weight excluding hydrogens is 342 g/mol. The van der Waals surface area contributed by atoms with Gasteiger partial charge in [-0.15, -0.1) is 0 Å². The van der Waals surface area contributed by atoms with E-state index in [1.54, 1.807) is 31.3 Å². The smallest absolute Gasteiger partial charge is 0.164 e. The molecule has 128 valence electrons. The summed E-state index contributed by atoms with van der Waals surface area (Å²) < 4.78 is 10.9. The molecule has 25 heavy (non-hydrogen) atoms. The van der Waals surface area contributed by atoms with Crippen molar-refractivity contribution in [3.8, 4) is 11.5 Å². The standard InChI is InChI=1S/C18H16ClN3O3/c1-24-14-8-13-16-12(17(14)25-2)7-15(23)22(18(16)21-9-20-13)11-5-3-10(19)4-6-11/h3-6,8-9,15,23H,7H2,1-2H3. The van der Waals surface area contributed by atoms with Gasteiger partial charge in [-0.2, -0.15) is 0 Å². The van der Waals surface area contributed by atoms with Crippen LogP contribution in [0, 0.1) is 0 Å². The van der Waals surface area contributed by atoms with E-state index in [0.717, 1.165) is 22.2 Å². The van der Waals surface area contributed by atoms with Crippen LogP contribution in [-0.4, -0.2) is 35.5 Å². The average Bonchev–Trinajstić information content (AvgIpc) is 2.62. The van der Waals surface area contributed by atoms with Gasteiger partial charge in [0.05, 0.1) is 25.1 Å². The summed E-state index contributed by atoms with van der Waals surface area (Å²) in [7, 11) is 3.17.